The van der Waals surface area contributed by atoms with Crippen molar-refractivity contribution in [2.75, 3.05) is 32.2 Å². The summed E-state index contributed by atoms with van der Waals surface area (Å²) in [5.74, 6) is -0.108. The van der Waals surface area contributed by atoms with Gasteiger partial charge in [-0.15, -0.1) is 0 Å². The van der Waals surface area contributed by atoms with Crippen molar-refractivity contribution >= 4 is 11.6 Å². The highest BCUT2D eigenvalue weighted by atomic mass is 16.5. The Balaban J connectivity index is 2.52. The lowest BCUT2D eigenvalue weighted by Crippen LogP contribution is -2.49. The van der Waals surface area contributed by atoms with Gasteiger partial charge in [0.2, 0.25) is 5.91 Å². The van der Waals surface area contributed by atoms with Crippen molar-refractivity contribution in [3.05, 3.63) is 29.8 Å². The topological polar surface area (TPSA) is 70.6 Å². The van der Waals surface area contributed by atoms with Crippen molar-refractivity contribution in [1.29, 1.82) is 0 Å². The van der Waals surface area contributed by atoms with Crippen LogP contribution < -0.4 is 10.6 Å². The second-order valence-corrected chi connectivity index (χ2v) is 5.42. The molecule has 1 aromatic carbocycles. The van der Waals surface area contributed by atoms with Crippen LogP contribution in [0.1, 0.15) is 25.8 Å². The number of aliphatic hydroxyl groups excluding tert-OH is 1. The number of carbonyl (C=O) groups excluding carboxylic acids is 1. The number of benzene rings is 1. The van der Waals surface area contributed by atoms with E-state index in [0.29, 0.717) is 13.0 Å². The van der Waals surface area contributed by atoms with E-state index in [9.17, 15) is 4.79 Å². The number of hydrogen-bond acceptors (Lipinski definition) is 4. The van der Waals surface area contributed by atoms with E-state index >= 15 is 0 Å². The Labute approximate surface area is 126 Å². The number of aliphatic hydroxyl groups is 1. The zero-order valence-electron chi connectivity index (χ0n) is 13.1. The van der Waals surface area contributed by atoms with Crippen molar-refractivity contribution in [2.45, 2.75) is 32.2 Å². The molecule has 0 aliphatic heterocycles. The molecule has 5 heteroatoms. The maximum absolute atomic E-state index is 12.0. The van der Waals surface area contributed by atoms with Crippen LogP contribution in [-0.4, -0.2) is 43.4 Å². The fraction of sp³-hybridized carbons (Fsp3) is 0.562. The summed E-state index contributed by atoms with van der Waals surface area (Å²) >= 11 is 0. The molecule has 1 atom stereocenters. The molecule has 5 nitrogen and oxygen atoms in total. The van der Waals surface area contributed by atoms with Gasteiger partial charge in [-0.25, -0.2) is 0 Å². The number of rotatable bonds is 9. The quantitative estimate of drug-likeness (QED) is 0.646. The first kappa shape index (κ1) is 17.6. The fourth-order valence-corrected chi connectivity index (χ4v) is 2.14. The summed E-state index contributed by atoms with van der Waals surface area (Å²) in [5, 5.41) is 15.1. The third kappa shape index (κ3) is 6.25. The molecule has 3 N–H and O–H groups in total. The molecule has 21 heavy (non-hydrogen) atoms. The second-order valence-electron chi connectivity index (χ2n) is 5.42. The summed E-state index contributed by atoms with van der Waals surface area (Å²) in [6, 6.07) is 7.81. The van der Waals surface area contributed by atoms with Crippen LogP contribution in [0.2, 0.25) is 0 Å². The van der Waals surface area contributed by atoms with Crippen LogP contribution in [0.3, 0.4) is 0 Å². The lowest BCUT2D eigenvalue weighted by Gasteiger charge is -2.29. The minimum atomic E-state index is -0.411. The average molecular weight is 294 g/mol. The zero-order valence-corrected chi connectivity index (χ0v) is 13.1. The van der Waals surface area contributed by atoms with Crippen LogP contribution >= 0.6 is 0 Å². The molecule has 0 fully saturated rings. The highest BCUT2D eigenvalue weighted by Gasteiger charge is 2.23. The van der Waals surface area contributed by atoms with Crippen molar-refractivity contribution in [3.63, 3.8) is 0 Å². The van der Waals surface area contributed by atoms with Gasteiger partial charge in [-0.3, -0.25) is 4.79 Å². The minimum absolute atomic E-state index is 0.0486. The van der Waals surface area contributed by atoms with Crippen LogP contribution in [0.15, 0.2) is 24.3 Å². The normalized spacial score (nSPS) is 13.7. The molecule has 118 valence electrons. The fourth-order valence-electron chi connectivity index (χ4n) is 2.14. The maximum Gasteiger partial charge on any atom is 0.238 e. The molecule has 1 aromatic rings. The first-order valence-corrected chi connectivity index (χ1v) is 7.26. The molecule has 0 spiro atoms. The van der Waals surface area contributed by atoms with Gasteiger partial charge in [0.1, 0.15) is 0 Å². The van der Waals surface area contributed by atoms with Crippen LogP contribution in [0.5, 0.6) is 0 Å². The Hall–Kier alpha value is -1.43. The van der Waals surface area contributed by atoms with Gasteiger partial charge in [0, 0.05) is 24.9 Å². The number of carbonyl (C=O) groups is 1. The third-order valence-electron chi connectivity index (χ3n) is 3.42. The summed E-state index contributed by atoms with van der Waals surface area (Å²) in [7, 11) is 1.60. The maximum atomic E-state index is 12.0. The van der Waals surface area contributed by atoms with Crippen LogP contribution in [0.25, 0.3) is 0 Å². The number of hydrogen-bond donors (Lipinski definition) is 3. The minimum Gasteiger partial charge on any atom is -0.396 e. The van der Waals surface area contributed by atoms with Gasteiger partial charge in [0.05, 0.1) is 13.2 Å². The van der Waals surface area contributed by atoms with Gasteiger partial charge in [-0.1, -0.05) is 19.1 Å². The highest BCUT2D eigenvalue weighted by molar-refractivity contribution is 5.92. The van der Waals surface area contributed by atoms with E-state index in [2.05, 4.69) is 17.6 Å². The standard InChI is InChI=1S/C16H26N2O3/c1-4-13-6-5-7-14(10-13)18-15(20)11-17-16(2,8-9-19)12-21-3/h5-7,10,17,19H,4,8-9,11-12H2,1-3H3,(H,18,20). The molecule has 0 aromatic heterocycles. The van der Waals surface area contributed by atoms with Crippen molar-refractivity contribution in [3.8, 4) is 0 Å². The molecule has 0 radical (unpaired) electrons. The van der Waals surface area contributed by atoms with Gasteiger partial charge in [-0.2, -0.15) is 0 Å². The molecule has 0 aliphatic rings. The lowest BCUT2D eigenvalue weighted by molar-refractivity contribution is -0.115. The van der Waals surface area contributed by atoms with Crippen LogP contribution in [0.4, 0.5) is 5.69 Å². The number of aryl methyl sites for hydroxylation is 1. The number of ether oxygens (including phenoxy) is 1. The van der Waals surface area contributed by atoms with E-state index in [4.69, 9.17) is 9.84 Å². The molecule has 1 unspecified atom stereocenters. The van der Waals surface area contributed by atoms with E-state index in [1.807, 2.05) is 31.2 Å². The van der Waals surface area contributed by atoms with E-state index in [-0.39, 0.29) is 19.1 Å². The molecule has 0 bridgehead atoms. The monoisotopic (exact) mass is 294 g/mol. The largest absolute Gasteiger partial charge is 0.396 e. The van der Waals surface area contributed by atoms with E-state index < -0.39 is 5.54 Å². The lowest BCUT2D eigenvalue weighted by atomic mass is 9.99. The van der Waals surface area contributed by atoms with E-state index in [1.54, 1.807) is 7.11 Å². The average Bonchev–Trinajstić information content (AvgIpc) is 2.46. The molecule has 0 aliphatic carbocycles. The molecule has 1 amide bonds. The molecule has 1 rings (SSSR count). The Kier molecular flexibility index (Phi) is 7.36. The van der Waals surface area contributed by atoms with Crippen molar-refractivity contribution in [1.82, 2.24) is 5.32 Å². The van der Waals surface area contributed by atoms with E-state index in [1.165, 1.54) is 5.56 Å². The Bertz CT molecular complexity index is 443. The number of nitrogens with one attached hydrogen (secondary N) is 2. The summed E-state index contributed by atoms with van der Waals surface area (Å²) in [5.41, 5.74) is 1.58. The first-order valence-electron chi connectivity index (χ1n) is 7.26. The second kappa shape index (κ2) is 8.77. The van der Waals surface area contributed by atoms with Gasteiger partial charge < -0.3 is 20.5 Å². The Morgan fingerprint density at radius 3 is 2.81 bits per heavy atom. The van der Waals surface area contributed by atoms with Gasteiger partial charge in [-0.05, 0) is 37.5 Å². The van der Waals surface area contributed by atoms with Gasteiger partial charge in [0.25, 0.3) is 0 Å². The zero-order chi connectivity index (χ0) is 15.7. The smallest absolute Gasteiger partial charge is 0.238 e. The van der Waals surface area contributed by atoms with Crippen LogP contribution in [-0.2, 0) is 16.0 Å². The van der Waals surface area contributed by atoms with Gasteiger partial charge >= 0.3 is 0 Å². The summed E-state index contributed by atoms with van der Waals surface area (Å²) in [6.07, 6.45) is 1.46. The number of anilines is 1. The highest BCUT2D eigenvalue weighted by Crippen LogP contribution is 2.12. The molecular formula is C16H26N2O3. The van der Waals surface area contributed by atoms with Crippen LogP contribution in [0, 0.1) is 0 Å². The Morgan fingerprint density at radius 2 is 2.19 bits per heavy atom. The predicted molar refractivity (Wildman–Crippen MR) is 84.4 cm³/mol. The molecule has 0 saturated heterocycles. The van der Waals surface area contributed by atoms with Gasteiger partial charge in [0.15, 0.2) is 0 Å². The van der Waals surface area contributed by atoms with E-state index in [0.717, 1.165) is 12.1 Å². The number of methoxy groups -OCH3 is 1. The first-order chi connectivity index (χ1) is 10.0. The Morgan fingerprint density at radius 1 is 1.43 bits per heavy atom. The predicted octanol–water partition coefficient (Wildman–Crippen LogP) is 1.56. The third-order valence-corrected chi connectivity index (χ3v) is 3.42. The molecule has 0 heterocycles. The molecular weight excluding hydrogens is 268 g/mol. The molecule has 0 saturated carbocycles. The SMILES string of the molecule is CCc1cccc(NC(=O)CNC(C)(CCO)COC)c1. The summed E-state index contributed by atoms with van der Waals surface area (Å²) in [6.45, 7) is 4.67. The summed E-state index contributed by atoms with van der Waals surface area (Å²) in [4.78, 5) is 12.0. The van der Waals surface area contributed by atoms with Crippen molar-refractivity contribution in [2.24, 2.45) is 0 Å². The number of amides is 1. The van der Waals surface area contributed by atoms with Crippen molar-refractivity contribution < 1.29 is 14.6 Å². The summed E-state index contributed by atoms with van der Waals surface area (Å²) < 4.78 is 5.14.